The summed E-state index contributed by atoms with van der Waals surface area (Å²) in [4.78, 5) is 10.3. The Kier molecular flexibility index (Phi) is 3.51. The van der Waals surface area contributed by atoms with Crippen LogP contribution < -0.4 is 4.74 Å². The number of hydrogen-bond acceptors (Lipinski definition) is 2. The molecule has 0 saturated heterocycles. The first kappa shape index (κ1) is 9.26. The monoisotopic (exact) mass is 174 g/mol. The van der Waals surface area contributed by atoms with Crippen molar-refractivity contribution in [3.63, 3.8) is 0 Å². The third-order valence-corrected chi connectivity index (χ3v) is 1.43. The van der Waals surface area contributed by atoms with E-state index in [4.69, 9.17) is 4.74 Å². The topological polar surface area (TPSA) is 26.3 Å². The zero-order chi connectivity index (χ0) is 9.52. The van der Waals surface area contributed by atoms with Crippen LogP contribution in [0.2, 0.25) is 0 Å². The Bertz CT molecular complexity index is 309. The summed E-state index contributed by atoms with van der Waals surface area (Å²) >= 11 is 0. The molecule has 0 aliphatic rings. The molecule has 0 aliphatic carbocycles. The van der Waals surface area contributed by atoms with E-state index in [2.05, 4.69) is 6.58 Å². The fraction of sp³-hybridized carbons (Fsp3) is 0. The van der Waals surface area contributed by atoms with E-state index in [0.29, 0.717) is 11.3 Å². The Labute approximate surface area is 77.2 Å². The molecule has 1 aromatic carbocycles. The van der Waals surface area contributed by atoms with Gasteiger partial charge in [-0.2, -0.15) is 0 Å². The van der Waals surface area contributed by atoms with Crippen LogP contribution >= 0.6 is 0 Å². The van der Waals surface area contributed by atoms with Gasteiger partial charge in [0.2, 0.25) is 0 Å². The van der Waals surface area contributed by atoms with E-state index in [1.54, 1.807) is 36.4 Å². The number of hydrogen-bond donors (Lipinski definition) is 0. The van der Waals surface area contributed by atoms with Crippen LogP contribution in [0, 0.1) is 0 Å². The van der Waals surface area contributed by atoms with E-state index in [1.165, 1.54) is 6.26 Å². The van der Waals surface area contributed by atoms with E-state index in [0.717, 1.165) is 6.29 Å². The first-order chi connectivity index (χ1) is 6.36. The third kappa shape index (κ3) is 2.95. The summed E-state index contributed by atoms with van der Waals surface area (Å²) in [5, 5.41) is 0. The molecule has 0 bridgehead atoms. The number of rotatable bonds is 4. The van der Waals surface area contributed by atoms with Crippen molar-refractivity contribution in [3.8, 4) is 5.75 Å². The van der Waals surface area contributed by atoms with Crippen molar-refractivity contribution in [2.24, 2.45) is 0 Å². The Balaban J connectivity index is 2.63. The lowest BCUT2D eigenvalue weighted by molar-refractivity contribution is 0.112. The second-order valence-electron chi connectivity index (χ2n) is 2.37. The lowest BCUT2D eigenvalue weighted by atomic mass is 10.2. The van der Waals surface area contributed by atoms with E-state index in [9.17, 15) is 4.79 Å². The molecule has 0 aromatic heterocycles. The molecule has 0 saturated carbocycles. The van der Waals surface area contributed by atoms with Crippen molar-refractivity contribution in [1.29, 1.82) is 0 Å². The maximum absolute atomic E-state index is 10.3. The minimum Gasteiger partial charge on any atom is -0.465 e. The van der Waals surface area contributed by atoms with Gasteiger partial charge in [0, 0.05) is 5.56 Å². The molecular formula is C11H10O2. The fourth-order valence-electron chi connectivity index (χ4n) is 0.798. The van der Waals surface area contributed by atoms with E-state index in [-0.39, 0.29) is 0 Å². The van der Waals surface area contributed by atoms with Gasteiger partial charge < -0.3 is 4.74 Å². The summed E-state index contributed by atoms with van der Waals surface area (Å²) in [7, 11) is 0. The first-order valence-corrected chi connectivity index (χ1v) is 3.86. The number of allylic oxidation sites excluding steroid dienone is 2. The predicted octanol–water partition coefficient (Wildman–Crippen LogP) is 2.58. The van der Waals surface area contributed by atoms with Crippen LogP contribution in [0.5, 0.6) is 5.75 Å². The molecule has 0 heterocycles. The van der Waals surface area contributed by atoms with Gasteiger partial charge in [-0.3, -0.25) is 4.79 Å². The number of ether oxygens (including phenoxy) is 1. The van der Waals surface area contributed by atoms with Gasteiger partial charge in [0.1, 0.15) is 12.0 Å². The van der Waals surface area contributed by atoms with Crippen molar-refractivity contribution in [2.75, 3.05) is 0 Å². The number of carbonyl (C=O) groups is 1. The third-order valence-electron chi connectivity index (χ3n) is 1.43. The van der Waals surface area contributed by atoms with Gasteiger partial charge in [0.25, 0.3) is 0 Å². The maximum Gasteiger partial charge on any atom is 0.150 e. The highest BCUT2D eigenvalue weighted by atomic mass is 16.5. The number of benzene rings is 1. The Morgan fingerprint density at radius 1 is 1.23 bits per heavy atom. The summed E-state index contributed by atoms with van der Waals surface area (Å²) < 4.78 is 5.18. The summed E-state index contributed by atoms with van der Waals surface area (Å²) in [5.41, 5.74) is 0.639. The van der Waals surface area contributed by atoms with E-state index in [1.807, 2.05) is 0 Å². The molecule has 1 aromatic rings. The Hall–Kier alpha value is -1.83. The van der Waals surface area contributed by atoms with Gasteiger partial charge in [0.05, 0.1) is 6.26 Å². The highest BCUT2D eigenvalue weighted by Crippen LogP contribution is 2.10. The molecule has 2 nitrogen and oxygen atoms in total. The molecule has 0 radical (unpaired) electrons. The molecule has 0 unspecified atom stereocenters. The Morgan fingerprint density at radius 2 is 1.92 bits per heavy atom. The summed E-state index contributed by atoms with van der Waals surface area (Å²) in [6, 6.07) is 6.86. The van der Waals surface area contributed by atoms with Crippen molar-refractivity contribution >= 4 is 6.29 Å². The van der Waals surface area contributed by atoms with Gasteiger partial charge in [-0.15, -0.1) is 0 Å². The van der Waals surface area contributed by atoms with Gasteiger partial charge in [0.15, 0.2) is 0 Å². The molecule has 1 rings (SSSR count). The summed E-state index contributed by atoms with van der Waals surface area (Å²) in [6.45, 7) is 3.51. The van der Waals surface area contributed by atoms with Crippen LogP contribution in [0.15, 0.2) is 49.3 Å². The lowest BCUT2D eigenvalue weighted by Gasteiger charge is -1.98. The zero-order valence-corrected chi connectivity index (χ0v) is 7.14. The smallest absolute Gasteiger partial charge is 0.150 e. The Morgan fingerprint density at radius 3 is 2.46 bits per heavy atom. The van der Waals surface area contributed by atoms with Crippen LogP contribution in [-0.2, 0) is 0 Å². The fourth-order valence-corrected chi connectivity index (χ4v) is 0.798. The molecule has 0 amide bonds. The SMILES string of the molecule is C=C/C=C/Oc1ccc(C=O)cc1. The molecule has 0 aliphatic heterocycles. The average Bonchev–Trinajstić information content (AvgIpc) is 2.19. The quantitative estimate of drug-likeness (QED) is 0.398. The minimum absolute atomic E-state index is 0.639. The number of aldehydes is 1. The standard InChI is InChI=1S/C11H10O2/c1-2-3-8-13-11-6-4-10(9-12)5-7-11/h2-9H,1H2/b8-3+. The zero-order valence-electron chi connectivity index (χ0n) is 7.14. The van der Waals surface area contributed by atoms with Crippen molar-refractivity contribution in [2.45, 2.75) is 0 Å². The predicted molar refractivity (Wildman–Crippen MR) is 51.8 cm³/mol. The lowest BCUT2D eigenvalue weighted by Crippen LogP contribution is -1.82. The van der Waals surface area contributed by atoms with E-state index >= 15 is 0 Å². The molecule has 2 heteroatoms. The van der Waals surface area contributed by atoms with Crippen LogP contribution in [0.25, 0.3) is 0 Å². The van der Waals surface area contributed by atoms with E-state index < -0.39 is 0 Å². The molecule has 66 valence electrons. The van der Waals surface area contributed by atoms with Gasteiger partial charge in [-0.05, 0) is 30.3 Å². The maximum atomic E-state index is 10.3. The van der Waals surface area contributed by atoms with Crippen molar-refractivity contribution < 1.29 is 9.53 Å². The second-order valence-corrected chi connectivity index (χ2v) is 2.37. The second kappa shape index (κ2) is 4.93. The van der Waals surface area contributed by atoms with Gasteiger partial charge >= 0.3 is 0 Å². The molecule has 0 fully saturated rings. The molecule has 0 atom stereocenters. The highest BCUT2D eigenvalue weighted by Gasteiger charge is 1.90. The molecule has 0 N–H and O–H groups in total. The van der Waals surface area contributed by atoms with Crippen LogP contribution in [0.4, 0.5) is 0 Å². The average molecular weight is 174 g/mol. The first-order valence-electron chi connectivity index (χ1n) is 3.86. The van der Waals surface area contributed by atoms with Crippen molar-refractivity contribution in [1.82, 2.24) is 0 Å². The van der Waals surface area contributed by atoms with Crippen molar-refractivity contribution in [3.05, 3.63) is 54.8 Å². The summed E-state index contributed by atoms with van der Waals surface area (Å²) in [6.07, 6.45) is 5.64. The van der Waals surface area contributed by atoms with Gasteiger partial charge in [-0.25, -0.2) is 0 Å². The molecular weight excluding hydrogens is 164 g/mol. The normalized spacial score (nSPS) is 9.85. The van der Waals surface area contributed by atoms with Crippen LogP contribution in [0.1, 0.15) is 10.4 Å². The molecule has 0 spiro atoms. The van der Waals surface area contributed by atoms with Gasteiger partial charge in [-0.1, -0.05) is 12.7 Å². The molecule has 13 heavy (non-hydrogen) atoms. The summed E-state index contributed by atoms with van der Waals surface area (Å²) in [5.74, 6) is 0.698. The van der Waals surface area contributed by atoms with Crippen LogP contribution in [0.3, 0.4) is 0 Å². The number of carbonyl (C=O) groups excluding carboxylic acids is 1. The largest absolute Gasteiger partial charge is 0.465 e. The van der Waals surface area contributed by atoms with Crippen LogP contribution in [-0.4, -0.2) is 6.29 Å². The minimum atomic E-state index is 0.639. The highest BCUT2D eigenvalue weighted by molar-refractivity contribution is 5.74.